The van der Waals surface area contributed by atoms with Crippen molar-refractivity contribution in [2.45, 2.75) is 27.4 Å². The van der Waals surface area contributed by atoms with Gasteiger partial charge >= 0.3 is 0 Å². The smallest absolute Gasteiger partial charge is 0.263 e. The molecule has 0 aliphatic carbocycles. The van der Waals surface area contributed by atoms with Crippen molar-refractivity contribution in [2.75, 3.05) is 6.54 Å². The van der Waals surface area contributed by atoms with E-state index >= 15 is 0 Å². The molecule has 0 fully saturated rings. The van der Waals surface area contributed by atoms with E-state index in [4.69, 9.17) is 4.74 Å². The van der Waals surface area contributed by atoms with Crippen LogP contribution in [0.3, 0.4) is 0 Å². The van der Waals surface area contributed by atoms with Gasteiger partial charge in [0.25, 0.3) is 5.91 Å². The number of hydrogen-bond acceptors (Lipinski definition) is 5. The summed E-state index contributed by atoms with van der Waals surface area (Å²) in [6, 6.07) is 3.65. The molecule has 0 radical (unpaired) electrons. The maximum atomic E-state index is 12.1. The molecular formula is C15H19N3O2S. The molecule has 2 heterocycles. The van der Waals surface area contributed by atoms with E-state index in [0.717, 1.165) is 10.7 Å². The van der Waals surface area contributed by atoms with Gasteiger partial charge in [-0.05, 0) is 25.0 Å². The van der Waals surface area contributed by atoms with Gasteiger partial charge in [0.15, 0.2) is 0 Å². The molecule has 0 aliphatic rings. The first-order chi connectivity index (χ1) is 10.1. The van der Waals surface area contributed by atoms with Crippen molar-refractivity contribution in [3.8, 4) is 5.75 Å². The van der Waals surface area contributed by atoms with Crippen LogP contribution in [0.15, 0.2) is 24.5 Å². The molecule has 6 heteroatoms. The number of aromatic nitrogens is 2. The van der Waals surface area contributed by atoms with Crippen molar-refractivity contribution in [1.82, 2.24) is 15.3 Å². The summed E-state index contributed by atoms with van der Waals surface area (Å²) in [5.74, 6) is 1.05. The van der Waals surface area contributed by atoms with E-state index in [1.165, 1.54) is 11.3 Å². The Morgan fingerprint density at radius 3 is 2.95 bits per heavy atom. The molecule has 1 amide bonds. The van der Waals surface area contributed by atoms with E-state index in [2.05, 4.69) is 29.1 Å². The number of pyridine rings is 1. The third-order valence-electron chi connectivity index (χ3n) is 2.71. The van der Waals surface area contributed by atoms with E-state index in [0.29, 0.717) is 29.7 Å². The quantitative estimate of drug-likeness (QED) is 0.891. The van der Waals surface area contributed by atoms with Crippen molar-refractivity contribution in [3.05, 3.63) is 40.1 Å². The molecule has 0 atom stereocenters. The van der Waals surface area contributed by atoms with Gasteiger partial charge in [-0.25, -0.2) is 4.98 Å². The van der Waals surface area contributed by atoms with Gasteiger partial charge in [-0.3, -0.25) is 9.78 Å². The molecule has 1 N–H and O–H groups in total. The minimum Gasteiger partial charge on any atom is -0.485 e. The molecular weight excluding hydrogens is 286 g/mol. The Balaban J connectivity index is 1.97. The summed E-state index contributed by atoms with van der Waals surface area (Å²) < 4.78 is 5.59. The Morgan fingerprint density at radius 1 is 1.48 bits per heavy atom. The molecule has 2 aromatic heterocycles. The molecule has 0 saturated carbocycles. The van der Waals surface area contributed by atoms with Crippen LogP contribution in [-0.4, -0.2) is 22.4 Å². The van der Waals surface area contributed by atoms with Gasteiger partial charge in [0, 0.05) is 12.7 Å². The van der Waals surface area contributed by atoms with E-state index in [9.17, 15) is 4.79 Å². The monoisotopic (exact) mass is 305 g/mol. The van der Waals surface area contributed by atoms with Crippen molar-refractivity contribution < 1.29 is 9.53 Å². The topological polar surface area (TPSA) is 64.1 Å². The lowest BCUT2D eigenvalue weighted by Crippen LogP contribution is -2.27. The van der Waals surface area contributed by atoms with Crippen LogP contribution >= 0.6 is 11.3 Å². The molecule has 0 spiro atoms. The summed E-state index contributed by atoms with van der Waals surface area (Å²) in [6.45, 7) is 6.97. The third-order valence-corrected chi connectivity index (χ3v) is 3.84. The summed E-state index contributed by atoms with van der Waals surface area (Å²) in [7, 11) is 0. The summed E-state index contributed by atoms with van der Waals surface area (Å²) >= 11 is 1.37. The van der Waals surface area contributed by atoms with Crippen LogP contribution in [0.4, 0.5) is 0 Å². The molecule has 112 valence electrons. The van der Waals surface area contributed by atoms with Crippen LogP contribution in [0, 0.1) is 12.8 Å². The molecule has 0 aromatic carbocycles. The van der Waals surface area contributed by atoms with E-state index in [-0.39, 0.29) is 5.91 Å². The highest BCUT2D eigenvalue weighted by Crippen LogP contribution is 2.20. The number of ether oxygens (including phenoxy) is 1. The number of thiazole rings is 1. The predicted molar refractivity (Wildman–Crippen MR) is 82.6 cm³/mol. The fraction of sp³-hybridized carbons (Fsp3) is 0.400. The van der Waals surface area contributed by atoms with Crippen LogP contribution < -0.4 is 10.1 Å². The number of aryl methyl sites for hydroxylation is 1. The Kier molecular flexibility index (Phi) is 5.27. The second-order valence-electron chi connectivity index (χ2n) is 5.10. The first-order valence-corrected chi connectivity index (χ1v) is 7.65. The van der Waals surface area contributed by atoms with Crippen LogP contribution in [0.5, 0.6) is 5.75 Å². The Bertz CT molecular complexity index is 596. The van der Waals surface area contributed by atoms with Crippen LogP contribution in [0.2, 0.25) is 0 Å². The molecule has 2 aromatic rings. The van der Waals surface area contributed by atoms with Crippen molar-refractivity contribution in [2.24, 2.45) is 5.92 Å². The zero-order valence-electron chi connectivity index (χ0n) is 12.4. The third kappa shape index (κ3) is 4.53. The van der Waals surface area contributed by atoms with Crippen LogP contribution in [-0.2, 0) is 6.61 Å². The number of rotatable bonds is 6. The molecule has 0 saturated heterocycles. The highest BCUT2D eigenvalue weighted by Gasteiger charge is 2.15. The fourth-order valence-electron chi connectivity index (χ4n) is 1.68. The largest absolute Gasteiger partial charge is 0.485 e. The minimum atomic E-state index is -0.0636. The predicted octanol–water partition coefficient (Wildman–Crippen LogP) is 2.81. The van der Waals surface area contributed by atoms with Gasteiger partial charge in [-0.15, -0.1) is 11.3 Å². The Hall–Kier alpha value is -1.95. The first kappa shape index (κ1) is 15.4. The van der Waals surface area contributed by atoms with Gasteiger partial charge in [0.05, 0.1) is 11.9 Å². The van der Waals surface area contributed by atoms with E-state index in [1.54, 1.807) is 12.4 Å². The van der Waals surface area contributed by atoms with Gasteiger partial charge in [-0.1, -0.05) is 13.8 Å². The second kappa shape index (κ2) is 7.17. The number of nitrogens with zero attached hydrogens (tertiary/aromatic N) is 2. The number of nitrogens with one attached hydrogen (secondary N) is 1. The normalized spacial score (nSPS) is 10.7. The maximum Gasteiger partial charge on any atom is 0.263 e. The van der Waals surface area contributed by atoms with Crippen molar-refractivity contribution >= 4 is 17.2 Å². The number of amides is 1. The lowest BCUT2D eigenvalue weighted by molar-refractivity contribution is 0.0952. The number of carbonyl (C=O) groups is 1. The lowest BCUT2D eigenvalue weighted by Gasteiger charge is -2.06. The molecule has 0 unspecified atom stereocenters. The molecule has 2 rings (SSSR count). The van der Waals surface area contributed by atoms with Crippen molar-refractivity contribution in [1.29, 1.82) is 0 Å². The Morgan fingerprint density at radius 2 is 2.29 bits per heavy atom. The summed E-state index contributed by atoms with van der Waals surface area (Å²) in [4.78, 5) is 21.1. The summed E-state index contributed by atoms with van der Waals surface area (Å²) in [6.07, 6.45) is 3.34. The van der Waals surface area contributed by atoms with Gasteiger partial charge in [-0.2, -0.15) is 0 Å². The standard InChI is InChI=1S/C15H19N3O2S/c1-10(2)7-17-15(19)14-11(3)18-13(21-14)9-20-12-5-4-6-16-8-12/h4-6,8,10H,7,9H2,1-3H3,(H,17,19). The average Bonchev–Trinajstić information content (AvgIpc) is 2.85. The maximum absolute atomic E-state index is 12.1. The molecule has 21 heavy (non-hydrogen) atoms. The molecule has 0 aliphatic heterocycles. The van der Waals surface area contributed by atoms with Crippen LogP contribution in [0.25, 0.3) is 0 Å². The second-order valence-corrected chi connectivity index (χ2v) is 6.19. The van der Waals surface area contributed by atoms with Crippen molar-refractivity contribution in [3.63, 3.8) is 0 Å². The zero-order valence-corrected chi connectivity index (χ0v) is 13.2. The molecule has 5 nitrogen and oxygen atoms in total. The number of hydrogen-bond donors (Lipinski definition) is 1. The van der Waals surface area contributed by atoms with E-state index < -0.39 is 0 Å². The minimum absolute atomic E-state index is 0.0636. The van der Waals surface area contributed by atoms with Gasteiger partial charge in [0.2, 0.25) is 0 Å². The zero-order chi connectivity index (χ0) is 15.2. The average molecular weight is 305 g/mol. The fourth-order valence-corrected chi connectivity index (χ4v) is 2.57. The lowest BCUT2D eigenvalue weighted by atomic mass is 10.2. The Labute approximate surface area is 128 Å². The summed E-state index contributed by atoms with van der Waals surface area (Å²) in [5.41, 5.74) is 0.742. The van der Waals surface area contributed by atoms with Gasteiger partial charge < -0.3 is 10.1 Å². The summed E-state index contributed by atoms with van der Waals surface area (Å²) in [5, 5.41) is 3.69. The first-order valence-electron chi connectivity index (χ1n) is 6.83. The highest BCUT2D eigenvalue weighted by atomic mass is 32.1. The molecule has 0 bridgehead atoms. The number of carbonyl (C=O) groups excluding carboxylic acids is 1. The SMILES string of the molecule is Cc1nc(COc2cccnc2)sc1C(=O)NCC(C)C. The van der Waals surface area contributed by atoms with E-state index in [1.807, 2.05) is 19.1 Å². The van der Waals surface area contributed by atoms with Gasteiger partial charge in [0.1, 0.15) is 22.2 Å². The highest BCUT2D eigenvalue weighted by molar-refractivity contribution is 7.13. The van der Waals surface area contributed by atoms with Crippen LogP contribution in [0.1, 0.15) is 34.2 Å².